The molecule has 0 fully saturated rings. The van der Waals surface area contributed by atoms with Crippen molar-refractivity contribution in [2.75, 3.05) is 13.7 Å². The van der Waals surface area contributed by atoms with E-state index in [0.29, 0.717) is 32.5 Å². The minimum atomic E-state index is -0.454. The molecule has 0 bridgehead atoms. The van der Waals surface area contributed by atoms with Crippen LogP contribution < -0.4 is 0 Å². The summed E-state index contributed by atoms with van der Waals surface area (Å²) in [5.74, 6) is -0.349. The lowest BCUT2D eigenvalue weighted by atomic mass is 10.1. The number of amides is 1. The van der Waals surface area contributed by atoms with E-state index >= 15 is 0 Å². The molecule has 0 spiro atoms. The summed E-state index contributed by atoms with van der Waals surface area (Å²) in [6.07, 6.45) is 5.45. The maximum atomic E-state index is 12.5. The molecule has 7 heteroatoms. The molecule has 0 saturated carbocycles. The molecule has 0 aliphatic carbocycles. The number of rotatable bonds is 4. The maximum absolute atomic E-state index is 12.5. The molecule has 0 unspecified atom stereocenters. The highest BCUT2D eigenvalue weighted by Gasteiger charge is 2.22. The number of fused-ring (bicyclic) bond motifs is 1. The van der Waals surface area contributed by atoms with E-state index in [9.17, 15) is 9.59 Å². The Balaban J connectivity index is 1.65. The average molecular weight is 328 g/mol. The number of pyridine rings is 1. The standard InChI is InChI=1S/C17H20N4O3/c1-24-17(23)15-10-14-12-20(8-3-9-21(14)19-15)16(22)6-5-13-4-2-7-18-11-13/h2,4,7,10-11H,3,5-6,8-9,12H2,1H3. The van der Waals surface area contributed by atoms with Crippen molar-refractivity contribution >= 4 is 11.9 Å². The Morgan fingerprint density at radius 2 is 2.21 bits per heavy atom. The van der Waals surface area contributed by atoms with Crippen molar-refractivity contribution in [1.82, 2.24) is 19.7 Å². The van der Waals surface area contributed by atoms with Gasteiger partial charge in [-0.25, -0.2) is 4.79 Å². The highest BCUT2D eigenvalue weighted by molar-refractivity contribution is 5.87. The number of methoxy groups -OCH3 is 1. The minimum absolute atomic E-state index is 0.105. The molecular formula is C17H20N4O3. The van der Waals surface area contributed by atoms with Crippen molar-refractivity contribution in [3.63, 3.8) is 0 Å². The summed E-state index contributed by atoms with van der Waals surface area (Å²) < 4.78 is 6.50. The third-order valence-corrected chi connectivity index (χ3v) is 4.11. The molecule has 3 heterocycles. The van der Waals surface area contributed by atoms with E-state index < -0.39 is 5.97 Å². The van der Waals surface area contributed by atoms with Gasteiger partial charge < -0.3 is 9.64 Å². The first-order valence-corrected chi connectivity index (χ1v) is 7.99. The van der Waals surface area contributed by atoms with Crippen LogP contribution in [0.3, 0.4) is 0 Å². The molecule has 0 atom stereocenters. The smallest absolute Gasteiger partial charge is 0.358 e. The van der Waals surface area contributed by atoms with Crippen LogP contribution in [-0.4, -0.2) is 45.2 Å². The summed E-state index contributed by atoms with van der Waals surface area (Å²) >= 11 is 0. The van der Waals surface area contributed by atoms with Crippen LogP contribution in [-0.2, 0) is 29.0 Å². The number of esters is 1. The largest absolute Gasteiger partial charge is 0.464 e. The van der Waals surface area contributed by atoms with E-state index in [2.05, 4.69) is 10.1 Å². The molecule has 1 aliphatic rings. The number of ether oxygens (including phenoxy) is 1. The Bertz CT molecular complexity index is 727. The molecule has 1 amide bonds. The quantitative estimate of drug-likeness (QED) is 0.794. The Labute approximate surface area is 140 Å². The highest BCUT2D eigenvalue weighted by atomic mass is 16.5. The van der Waals surface area contributed by atoms with Crippen LogP contribution in [0, 0.1) is 0 Å². The van der Waals surface area contributed by atoms with E-state index in [4.69, 9.17) is 4.74 Å². The van der Waals surface area contributed by atoms with Gasteiger partial charge in [-0.1, -0.05) is 6.07 Å². The van der Waals surface area contributed by atoms with Crippen LogP contribution in [0.15, 0.2) is 30.6 Å². The number of nitrogens with zero attached hydrogens (tertiary/aromatic N) is 4. The minimum Gasteiger partial charge on any atom is -0.464 e. The normalized spacial score (nSPS) is 14.0. The molecular weight excluding hydrogens is 308 g/mol. The maximum Gasteiger partial charge on any atom is 0.358 e. The second-order valence-corrected chi connectivity index (χ2v) is 5.77. The zero-order valence-electron chi connectivity index (χ0n) is 13.6. The second kappa shape index (κ2) is 7.25. The van der Waals surface area contributed by atoms with Gasteiger partial charge in [-0.3, -0.25) is 14.5 Å². The Morgan fingerprint density at radius 1 is 1.33 bits per heavy atom. The van der Waals surface area contributed by atoms with Gasteiger partial charge in [-0.05, 0) is 30.5 Å². The fraction of sp³-hybridized carbons (Fsp3) is 0.412. The van der Waals surface area contributed by atoms with Crippen molar-refractivity contribution in [2.24, 2.45) is 0 Å². The lowest BCUT2D eigenvalue weighted by Gasteiger charge is -2.20. The van der Waals surface area contributed by atoms with Crippen molar-refractivity contribution in [2.45, 2.75) is 32.4 Å². The number of aromatic nitrogens is 3. The molecule has 126 valence electrons. The summed E-state index contributed by atoms with van der Waals surface area (Å²) in [6, 6.07) is 5.55. The first-order valence-electron chi connectivity index (χ1n) is 7.99. The lowest BCUT2D eigenvalue weighted by molar-refractivity contribution is -0.131. The van der Waals surface area contributed by atoms with E-state index in [-0.39, 0.29) is 11.6 Å². The first-order chi connectivity index (χ1) is 11.7. The molecule has 0 saturated heterocycles. The van der Waals surface area contributed by atoms with Crippen LogP contribution >= 0.6 is 0 Å². The van der Waals surface area contributed by atoms with Crippen molar-refractivity contribution < 1.29 is 14.3 Å². The van der Waals surface area contributed by atoms with Gasteiger partial charge in [0.05, 0.1) is 19.3 Å². The van der Waals surface area contributed by atoms with Gasteiger partial charge in [0, 0.05) is 31.9 Å². The van der Waals surface area contributed by atoms with Gasteiger partial charge in [0.1, 0.15) is 0 Å². The van der Waals surface area contributed by atoms with Crippen molar-refractivity contribution in [1.29, 1.82) is 0 Å². The molecule has 0 N–H and O–H groups in total. The van der Waals surface area contributed by atoms with E-state index in [1.165, 1.54) is 7.11 Å². The fourth-order valence-corrected chi connectivity index (χ4v) is 2.83. The molecule has 7 nitrogen and oxygen atoms in total. The summed E-state index contributed by atoms with van der Waals surface area (Å²) in [6.45, 7) is 1.86. The van der Waals surface area contributed by atoms with Gasteiger partial charge in [0.25, 0.3) is 0 Å². The predicted molar refractivity (Wildman–Crippen MR) is 86.2 cm³/mol. The summed E-state index contributed by atoms with van der Waals surface area (Å²) in [5, 5.41) is 4.26. The van der Waals surface area contributed by atoms with Gasteiger partial charge in [0.2, 0.25) is 5.91 Å². The number of carbonyl (C=O) groups excluding carboxylic acids is 2. The monoisotopic (exact) mass is 328 g/mol. The van der Waals surface area contributed by atoms with Crippen LogP contribution in [0.25, 0.3) is 0 Å². The molecule has 3 rings (SSSR count). The number of hydrogen-bond donors (Lipinski definition) is 0. The third-order valence-electron chi connectivity index (χ3n) is 4.11. The van der Waals surface area contributed by atoms with Crippen LogP contribution in [0.2, 0.25) is 0 Å². The SMILES string of the molecule is COC(=O)c1cc2n(n1)CCCN(C(=O)CCc1cccnc1)C2. The third kappa shape index (κ3) is 3.61. The zero-order chi connectivity index (χ0) is 16.9. The average Bonchev–Trinajstić information content (AvgIpc) is 2.91. The van der Waals surface area contributed by atoms with Crippen LogP contribution in [0.4, 0.5) is 0 Å². The first kappa shape index (κ1) is 16.2. The number of aryl methyl sites for hydroxylation is 2. The molecule has 2 aromatic rings. The van der Waals surface area contributed by atoms with Crippen molar-refractivity contribution in [3.8, 4) is 0 Å². The molecule has 0 aromatic carbocycles. The number of carbonyl (C=O) groups is 2. The van der Waals surface area contributed by atoms with Gasteiger partial charge >= 0.3 is 5.97 Å². The highest BCUT2D eigenvalue weighted by Crippen LogP contribution is 2.16. The fourth-order valence-electron chi connectivity index (χ4n) is 2.83. The summed E-state index contributed by atoms with van der Waals surface area (Å²) in [7, 11) is 1.33. The van der Waals surface area contributed by atoms with Crippen molar-refractivity contribution in [3.05, 3.63) is 47.5 Å². The van der Waals surface area contributed by atoms with Crippen LogP contribution in [0.1, 0.15) is 34.6 Å². The second-order valence-electron chi connectivity index (χ2n) is 5.77. The lowest BCUT2D eigenvalue weighted by Crippen LogP contribution is -2.30. The Hall–Kier alpha value is -2.70. The zero-order valence-corrected chi connectivity index (χ0v) is 13.6. The number of hydrogen-bond acceptors (Lipinski definition) is 5. The topological polar surface area (TPSA) is 77.3 Å². The van der Waals surface area contributed by atoms with E-state index in [1.807, 2.05) is 17.0 Å². The molecule has 0 radical (unpaired) electrons. The van der Waals surface area contributed by atoms with Gasteiger partial charge in [-0.15, -0.1) is 0 Å². The van der Waals surface area contributed by atoms with E-state index in [0.717, 1.165) is 17.7 Å². The summed E-state index contributed by atoms with van der Waals surface area (Å²) in [5.41, 5.74) is 2.21. The van der Waals surface area contributed by atoms with Gasteiger partial charge in [-0.2, -0.15) is 5.10 Å². The van der Waals surface area contributed by atoms with Gasteiger partial charge in [0.15, 0.2) is 5.69 Å². The molecule has 24 heavy (non-hydrogen) atoms. The summed E-state index contributed by atoms with van der Waals surface area (Å²) in [4.78, 5) is 30.0. The molecule has 1 aliphatic heterocycles. The van der Waals surface area contributed by atoms with Crippen LogP contribution in [0.5, 0.6) is 0 Å². The molecule has 2 aromatic heterocycles. The Kier molecular flexibility index (Phi) is 4.88. The predicted octanol–water partition coefficient (Wildman–Crippen LogP) is 1.43. The Morgan fingerprint density at radius 3 is 2.96 bits per heavy atom. The van der Waals surface area contributed by atoms with E-state index in [1.54, 1.807) is 23.1 Å².